The molecule has 3 heterocycles. The summed E-state index contributed by atoms with van der Waals surface area (Å²) in [4.78, 5) is 31.4. The van der Waals surface area contributed by atoms with Crippen LogP contribution in [0.4, 0.5) is 0 Å². The third kappa shape index (κ3) is 5.98. The Morgan fingerprint density at radius 3 is 2.45 bits per heavy atom. The lowest BCUT2D eigenvalue weighted by Crippen LogP contribution is -2.62. The number of morpholine rings is 2. The lowest BCUT2D eigenvalue weighted by molar-refractivity contribution is -0.191. The molecule has 0 radical (unpaired) electrons. The number of hydrogen-bond acceptors (Lipinski definition) is 5. The maximum Gasteiger partial charge on any atom is 0.252 e. The Labute approximate surface area is 191 Å². The molecule has 1 aromatic rings. The van der Waals surface area contributed by atoms with Gasteiger partial charge in [0.1, 0.15) is 6.10 Å². The van der Waals surface area contributed by atoms with E-state index in [1.54, 1.807) is 9.80 Å². The molecule has 1 aromatic carbocycles. The second kappa shape index (κ2) is 10.8. The number of likely N-dealkylation sites (tertiary alicyclic amines) is 1. The van der Waals surface area contributed by atoms with Crippen LogP contribution in [0.2, 0.25) is 0 Å². The number of carbonyl (C=O) groups excluding carboxylic acids is 2. The highest BCUT2D eigenvalue weighted by molar-refractivity contribution is 5.87. The van der Waals surface area contributed by atoms with Gasteiger partial charge in [-0.2, -0.15) is 0 Å². The van der Waals surface area contributed by atoms with E-state index in [9.17, 15) is 9.59 Å². The van der Waals surface area contributed by atoms with E-state index in [1.165, 1.54) is 5.56 Å². The zero-order chi connectivity index (χ0) is 21.0. The zero-order valence-corrected chi connectivity index (χ0v) is 19.1. The summed E-state index contributed by atoms with van der Waals surface area (Å²) in [5.74, 6) is -0.0649. The highest BCUT2D eigenvalue weighted by Gasteiger charge is 2.45. The molecule has 3 saturated heterocycles. The average Bonchev–Trinajstić information content (AvgIpc) is 2.78. The lowest BCUT2D eigenvalue weighted by atomic mass is 9.88. The van der Waals surface area contributed by atoms with Crippen molar-refractivity contribution in [3.05, 3.63) is 35.9 Å². The summed E-state index contributed by atoms with van der Waals surface area (Å²) in [7, 11) is 0. The van der Waals surface area contributed by atoms with Gasteiger partial charge in [0.25, 0.3) is 5.91 Å². The van der Waals surface area contributed by atoms with Gasteiger partial charge < -0.3 is 24.2 Å². The second-order valence-corrected chi connectivity index (χ2v) is 8.71. The summed E-state index contributed by atoms with van der Waals surface area (Å²) in [5.41, 5.74) is 1.03. The molecule has 0 aromatic heterocycles. The summed E-state index contributed by atoms with van der Waals surface area (Å²) < 4.78 is 11.6. The van der Waals surface area contributed by atoms with Crippen molar-refractivity contribution in [1.29, 1.82) is 0 Å². The summed E-state index contributed by atoms with van der Waals surface area (Å²) in [6.45, 7) is 7.78. The molecule has 0 bridgehead atoms. The minimum Gasteiger partial charge on any atom is -0.378 e. The molecule has 31 heavy (non-hydrogen) atoms. The summed E-state index contributed by atoms with van der Waals surface area (Å²) >= 11 is 0. The van der Waals surface area contributed by atoms with Crippen LogP contribution < -0.4 is 0 Å². The van der Waals surface area contributed by atoms with Crippen molar-refractivity contribution < 1.29 is 19.1 Å². The fraction of sp³-hybridized carbons (Fsp3) is 0.652. The van der Waals surface area contributed by atoms with Crippen molar-refractivity contribution in [3.63, 3.8) is 0 Å². The molecule has 3 fully saturated rings. The Bertz CT molecular complexity index is 734. The van der Waals surface area contributed by atoms with Crippen molar-refractivity contribution in [2.24, 2.45) is 0 Å². The quantitative estimate of drug-likeness (QED) is 0.680. The van der Waals surface area contributed by atoms with E-state index in [-0.39, 0.29) is 36.4 Å². The van der Waals surface area contributed by atoms with Crippen molar-refractivity contribution in [2.45, 2.75) is 37.9 Å². The number of benzene rings is 1. The molecule has 1 spiro atoms. The van der Waals surface area contributed by atoms with Crippen LogP contribution in [0.25, 0.3) is 0 Å². The van der Waals surface area contributed by atoms with Crippen LogP contribution >= 0.6 is 12.4 Å². The number of hydrogen-bond donors (Lipinski definition) is 0. The number of rotatable bonds is 5. The van der Waals surface area contributed by atoms with E-state index in [1.807, 2.05) is 13.0 Å². The van der Waals surface area contributed by atoms with Crippen molar-refractivity contribution in [2.75, 3.05) is 59.0 Å². The highest BCUT2D eigenvalue weighted by atomic mass is 35.5. The second-order valence-electron chi connectivity index (χ2n) is 8.71. The van der Waals surface area contributed by atoms with Crippen LogP contribution in [-0.4, -0.2) is 97.2 Å². The van der Waals surface area contributed by atoms with Gasteiger partial charge in [-0.3, -0.25) is 9.59 Å². The molecule has 4 rings (SSSR count). The SMILES string of the molecule is CC1OC2(CCN(CCc3ccccc3)CC2)CN(CC(=O)N2CCOCC2)C1=O.Cl. The largest absolute Gasteiger partial charge is 0.378 e. The maximum absolute atomic E-state index is 12.7. The standard InChI is InChI=1S/C23H33N3O4.ClH/c1-19-22(28)26(17-21(27)25-13-15-29-16-14-25)18-23(30-19)8-11-24(12-9-23)10-7-20-5-3-2-4-6-20;/h2-6,19H,7-18H2,1H3;1H. The van der Waals surface area contributed by atoms with Crippen LogP contribution in [0.1, 0.15) is 25.3 Å². The average molecular weight is 452 g/mol. The smallest absolute Gasteiger partial charge is 0.252 e. The minimum absolute atomic E-state index is 0. The first-order valence-corrected chi connectivity index (χ1v) is 11.1. The summed E-state index contributed by atoms with van der Waals surface area (Å²) in [6, 6.07) is 10.6. The van der Waals surface area contributed by atoms with Gasteiger partial charge >= 0.3 is 0 Å². The van der Waals surface area contributed by atoms with Crippen LogP contribution in [0.5, 0.6) is 0 Å². The van der Waals surface area contributed by atoms with Crippen molar-refractivity contribution in [3.8, 4) is 0 Å². The van der Waals surface area contributed by atoms with E-state index in [4.69, 9.17) is 9.47 Å². The number of nitrogens with zero attached hydrogens (tertiary/aromatic N) is 3. The molecule has 172 valence electrons. The Morgan fingerprint density at radius 2 is 1.77 bits per heavy atom. The maximum atomic E-state index is 12.7. The molecule has 0 saturated carbocycles. The number of amides is 2. The van der Waals surface area contributed by atoms with Gasteiger partial charge in [0.15, 0.2) is 0 Å². The van der Waals surface area contributed by atoms with Crippen LogP contribution in [0, 0.1) is 0 Å². The van der Waals surface area contributed by atoms with Crippen LogP contribution in [0.3, 0.4) is 0 Å². The predicted molar refractivity (Wildman–Crippen MR) is 120 cm³/mol. The Hall–Kier alpha value is -1.67. The molecule has 7 nitrogen and oxygen atoms in total. The molecule has 2 amide bonds. The van der Waals surface area contributed by atoms with Gasteiger partial charge in [0.05, 0.1) is 31.9 Å². The van der Waals surface area contributed by atoms with E-state index in [2.05, 4.69) is 29.2 Å². The number of halogens is 1. The predicted octanol–water partition coefficient (Wildman–Crippen LogP) is 1.59. The molecular formula is C23H34ClN3O4. The number of carbonyl (C=O) groups is 2. The summed E-state index contributed by atoms with van der Waals surface area (Å²) in [5, 5.41) is 0. The Kier molecular flexibility index (Phi) is 8.33. The molecule has 8 heteroatoms. The van der Waals surface area contributed by atoms with Crippen molar-refractivity contribution >= 4 is 24.2 Å². The first-order chi connectivity index (χ1) is 14.5. The fourth-order valence-electron chi connectivity index (χ4n) is 4.75. The molecule has 0 N–H and O–H groups in total. The molecule has 3 aliphatic heterocycles. The van der Waals surface area contributed by atoms with Crippen molar-refractivity contribution in [1.82, 2.24) is 14.7 Å². The lowest BCUT2D eigenvalue weighted by Gasteiger charge is -2.49. The fourth-order valence-corrected chi connectivity index (χ4v) is 4.75. The Balaban J connectivity index is 0.00000272. The molecular weight excluding hydrogens is 418 g/mol. The highest BCUT2D eigenvalue weighted by Crippen LogP contribution is 2.33. The molecule has 1 atom stereocenters. The summed E-state index contributed by atoms with van der Waals surface area (Å²) in [6.07, 6.45) is 2.33. The third-order valence-corrected chi connectivity index (χ3v) is 6.58. The van der Waals surface area contributed by atoms with Gasteiger partial charge in [-0.1, -0.05) is 30.3 Å². The third-order valence-electron chi connectivity index (χ3n) is 6.58. The van der Waals surface area contributed by atoms with Crippen LogP contribution in [-0.2, 0) is 25.5 Å². The first kappa shape index (κ1) is 24.0. The van der Waals surface area contributed by atoms with Gasteiger partial charge in [-0.15, -0.1) is 12.4 Å². The normalized spacial score (nSPS) is 24.2. The molecule has 0 aliphatic carbocycles. The van der Waals surface area contributed by atoms with Gasteiger partial charge in [-0.05, 0) is 31.7 Å². The Morgan fingerprint density at radius 1 is 1.10 bits per heavy atom. The van der Waals surface area contributed by atoms with Gasteiger partial charge in [0.2, 0.25) is 5.91 Å². The van der Waals surface area contributed by atoms with E-state index < -0.39 is 6.10 Å². The number of piperidine rings is 1. The first-order valence-electron chi connectivity index (χ1n) is 11.1. The molecule has 1 unspecified atom stereocenters. The molecule has 3 aliphatic rings. The zero-order valence-electron chi connectivity index (χ0n) is 18.3. The van der Waals surface area contributed by atoms with E-state index >= 15 is 0 Å². The van der Waals surface area contributed by atoms with E-state index in [0.717, 1.165) is 38.9 Å². The van der Waals surface area contributed by atoms with E-state index in [0.29, 0.717) is 32.8 Å². The van der Waals surface area contributed by atoms with Gasteiger partial charge in [-0.25, -0.2) is 0 Å². The topological polar surface area (TPSA) is 62.3 Å². The minimum atomic E-state index is -0.493. The van der Waals surface area contributed by atoms with Gasteiger partial charge in [0, 0.05) is 32.7 Å². The van der Waals surface area contributed by atoms with Crippen LogP contribution in [0.15, 0.2) is 30.3 Å². The number of ether oxygens (including phenoxy) is 2. The monoisotopic (exact) mass is 451 g/mol.